The molecule has 1 amide bonds. The monoisotopic (exact) mass is 498 g/mol. The molecule has 3 aromatic rings. The minimum atomic E-state index is -3.50. The van der Waals surface area contributed by atoms with Crippen LogP contribution in [0.1, 0.15) is 24.4 Å². The van der Waals surface area contributed by atoms with Gasteiger partial charge in [-0.2, -0.15) is 5.10 Å². The highest BCUT2D eigenvalue weighted by atomic mass is 32.2. The van der Waals surface area contributed by atoms with Crippen LogP contribution in [0.15, 0.2) is 39.8 Å². The molecule has 13 heteroatoms. The van der Waals surface area contributed by atoms with Crippen LogP contribution in [-0.2, 0) is 27.8 Å². The van der Waals surface area contributed by atoms with Gasteiger partial charge in [0.05, 0.1) is 12.1 Å². The van der Waals surface area contributed by atoms with E-state index in [1.54, 1.807) is 23.6 Å². The Morgan fingerprint density at radius 1 is 1.45 bits per heavy atom. The summed E-state index contributed by atoms with van der Waals surface area (Å²) < 4.78 is 28.7. The van der Waals surface area contributed by atoms with Gasteiger partial charge in [-0.15, -0.1) is 29.3 Å². The molecular weight excluding hydrogens is 477 g/mol. The van der Waals surface area contributed by atoms with Gasteiger partial charge in [0, 0.05) is 31.9 Å². The lowest BCUT2D eigenvalue weighted by atomic mass is 10.3. The Balaban J connectivity index is 1.49. The maximum Gasteiger partial charge on any atom is 0.252 e. The van der Waals surface area contributed by atoms with E-state index in [0.29, 0.717) is 33.5 Å². The van der Waals surface area contributed by atoms with Crippen LogP contribution in [0.25, 0.3) is 0 Å². The van der Waals surface area contributed by atoms with E-state index in [2.05, 4.69) is 27.1 Å². The van der Waals surface area contributed by atoms with Gasteiger partial charge in [-0.1, -0.05) is 12.1 Å². The fraction of sp³-hybridized carbons (Fsp3) is 0.333. The maximum atomic E-state index is 12.4. The molecule has 0 aliphatic heterocycles. The zero-order chi connectivity index (χ0) is 22.4. The van der Waals surface area contributed by atoms with Crippen molar-refractivity contribution in [1.82, 2.24) is 24.1 Å². The molecule has 2 N–H and O–H groups in total. The number of hydrogen-bond donors (Lipinski definition) is 2. The zero-order valence-corrected chi connectivity index (χ0v) is 20.0. The number of thiazole rings is 1. The number of H-pyrrole nitrogens is 1. The number of hydrogen-bond acceptors (Lipinski definition) is 8. The van der Waals surface area contributed by atoms with E-state index in [0.717, 1.165) is 11.5 Å². The number of aromatic nitrogens is 4. The molecule has 0 radical (unpaired) electrons. The van der Waals surface area contributed by atoms with Gasteiger partial charge in [0.25, 0.3) is 10.0 Å². The Kier molecular flexibility index (Phi) is 7.89. The summed E-state index contributed by atoms with van der Waals surface area (Å²) in [5.74, 6) is 0.528. The van der Waals surface area contributed by atoms with Crippen LogP contribution in [0.3, 0.4) is 0 Å². The first-order valence-corrected chi connectivity index (χ1v) is 12.9. The lowest BCUT2D eigenvalue weighted by molar-refractivity contribution is -0.116. The quantitative estimate of drug-likeness (QED) is 0.310. The summed E-state index contributed by atoms with van der Waals surface area (Å²) in [6, 6.07) is 3.27. The average Bonchev–Trinajstić information content (AvgIpc) is 3.47. The Labute approximate surface area is 193 Å². The predicted octanol–water partition coefficient (Wildman–Crippen LogP) is 3.27. The molecule has 0 saturated carbocycles. The van der Waals surface area contributed by atoms with E-state index in [4.69, 9.17) is 12.2 Å². The standard InChI is InChI=1S/C18H22N6O3S4/c1-3-8-24-14(21-22-18(24)28)11-13-12-30-17(19-13)20-15(25)6-4-9-23(2)31(26,27)16-7-5-10-29-16/h3,5,7,10,12H,1,4,6,8-9,11H2,2H3,(H,22,28)(H,19,20,25). The van der Waals surface area contributed by atoms with Crippen molar-refractivity contribution in [2.45, 2.75) is 30.0 Å². The molecular formula is C18H22N6O3S4. The van der Waals surface area contributed by atoms with Gasteiger partial charge >= 0.3 is 0 Å². The number of nitrogens with one attached hydrogen (secondary N) is 2. The molecule has 0 atom stereocenters. The predicted molar refractivity (Wildman–Crippen MR) is 125 cm³/mol. The highest BCUT2D eigenvalue weighted by Gasteiger charge is 2.21. The third kappa shape index (κ3) is 5.95. The van der Waals surface area contributed by atoms with Crippen LogP contribution < -0.4 is 5.32 Å². The van der Waals surface area contributed by atoms with Gasteiger partial charge in [-0.05, 0) is 30.1 Å². The molecule has 0 aliphatic rings. The van der Waals surface area contributed by atoms with E-state index >= 15 is 0 Å². The molecule has 0 fully saturated rings. The molecule has 0 saturated heterocycles. The van der Waals surface area contributed by atoms with Gasteiger partial charge < -0.3 is 5.32 Å². The number of aromatic amines is 1. The first-order chi connectivity index (χ1) is 14.8. The molecule has 0 aliphatic carbocycles. The fourth-order valence-corrected chi connectivity index (χ4v) is 6.10. The maximum absolute atomic E-state index is 12.4. The van der Waals surface area contributed by atoms with Crippen LogP contribution in [0, 0.1) is 4.77 Å². The summed E-state index contributed by atoms with van der Waals surface area (Å²) in [6.07, 6.45) is 2.81. The van der Waals surface area contributed by atoms with E-state index in [-0.39, 0.29) is 18.9 Å². The highest BCUT2D eigenvalue weighted by molar-refractivity contribution is 7.91. The molecule has 0 bridgehead atoms. The minimum Gasteiger partial charge on any atom is -0.302 e. The van der Waals surface area contributed by atoms with E-state index in [1.165, 1.54) is 34.0 Å². The fourth-order valence-electron chi connectivity index (χ4n) is 2.74. The first kappa shape index (κ1) is 23.5. The topological polar surface area (TPSA) is 113 Å². The van der Waals surface area contributed by atoms with Gasteiger partial charge in [0.1, 0.15) is 10.0 Å². The molecule has 31 heavy (non-hydrogen) atoms. The average molecular weight is 499 g/mol. The Morgan fingerprint density at radius 3 is 2.97 bits per heavy atom. The summed E-state index contributed by atoms with van der Waals surface area (Å²) >= 11 is 7.70. The lowest BCUT2D eigenvalue weighted by Gasteiger charge is -2.15. The normalized spacial score (nSPS) is 11.7. The summed E-state index contributed by atoms with van der Waals surface area (Å²) in [5.41, 5.74) is 0.765. The minimum absolute atomic E-state index is 0.192. The Bertz CT molecular complexity index is 1190. The van der Waals surface area contributed by atoms with Crippen molar-refractivity contribution < 1.29 is 13.2 Å². The Morgan fingerprint density at radius 2 is 2.26 bits per heavy atom. The van der Waals surface area contributed by atoms with Crippen molar-refractivity contribution in [2.75, 3.05) is 18.9 Å². The van der Waals surface area contributed by atoms with Gasteiger partial charge in [-0.3, -0.25) is 14.5 Å². The molecule has 3 heterocycles. The number of allylic oxidation sites excluding steroid dienone is 1. The number of thiophene rings is 1. The molecule has 0 aromatic carbocycles. The highest BCUT2D eigenvalue weighted by Crippen LogP contribution is 2.21. The van der Waals surface area contributed by atoms with Crippen LogP contribution in [0.5, 0.6) is 0 Å². The second-order valence-corrected chi connectivity index (χ2v) is 11.0. The van der Waals surface area contributed by atoms with Crippen molar-refractivity contribution in [1.29, 1.82) is 0 Å². The molecule has 9 nitrogen and oxygen atoms in total. The molecule has 3 rings (SSSR count). The smallest absolute Gasteiger partial charge is 0.252 e. The first-order valence-electron chi connectivity index (χ1n) is 9.30. The van der Waals surface area contributed by atoms with E-state index < -0.39 is 10.0 Å². The number of sulfonamides is 1. The van der Waals surface area contributed by atoms with Crippen LogP contribution in [0.4, 0.5) is 5.13 Å². The molecule has 3 aromatic heterocycles. The van der Waals surface area contributed by atoms with Gasteiger partial charge in [0.2, 0.25) is 5.91 Å². The number of amides is 1. The van der Waals surface area contributed by atoms with Crippen molar-refractivity contribution in [3.05, 3.63) is 51.8 Å². The lowest BCUT2D eigenvalue weighted by Crippen LogP contribution is -2.28. The number of rotatable bonds is 11. The van der Waals surface area contributed by atoms with Crippen molar-refractivity contribution >= 4 is 56.0 Å². The van der Waals surface area contributed by atoms with Crippen LogP contribution >= 0.6 is 34.9 Å². The number of carbonyl (C=O) groups is 1. The van der Waals surface area contributed by atoms with Crippen LogP contribution in [-0.4, -0.2) is 52.0 Å². The number of carbonyl (C=O) groups excluding carboxylic acids is 1. The third-order valence-corrected chi connectivity index (χ3v) is 8.67. The summed E-state index contributed by atoms with van der Waals surface area (Å²) in [5, 5.41) is 13.8. The largest absolute Gasteiger partial charge is 0.302 e. The molecule has 0 spiro atoms. The number of nitrogens with zero attached hydrogens (tertiary/aromatic N) is 4. The Hall–Kier alpha value is -2.19. The second-order valence-electron chi connectivity index (χ2n) is 6.58. The molecule has 166 valence electrons. The summed E-state index contributed by atoms with van der Waals surface area (Å²) in [7, 11) is -1.98. The van der Waals surface area contributed by atoms with Crippen molar-refractivity contribution in [2.24, 2.45) is 0 Å². The summed E-state index contributed by atoms with van der Waals surface area (Å²) in [6.45, 7) is 4.52. The van der Waals surface area contributed by atoms with Crippen molar-refractivity contribution in [3.8, 4) is 0 Å². The van der Waals surface area contributed by atoms with E-state index in [9.17, 15) is 13.2 Å². The van der Waals surface area contributed by atoms with Gasteiger partial charge in [-0.25, -0.2) is 17.7 Å². The van der Waals surface area contributed by atoms with Crippen molar-refractivity contribution in [3.63, 3.8) is 0 Å². The number of anilines is 1. The van der Waals surface area contributed by atoms with E-state index in [1.807, 2.05) is 9.95 Å². The van der Waals surface area contributed by atoms with Gasteiger partial charge in [0.15, 0.2) is 9.90 Å². The molecule has 0 unspecified atom stereocenters. The van der Waals surface area contributed by atoms with Crippen LogP contribution in [0.2, 0.25) is 0 Å². The second kappa shape index (κ2) is 10.4. The SMILES string of the molecule is C=CCn1c(Cc2csc(NC(=O)CCCN(C)S(=O)(=O)c3cccs3)n2)n[nH]c1=S. The zero-order valence-electron chi connectivity index (χ0n) is 16.8. The summed E-state index contributed by atoms with van der Waals surface area (Å²) in [4.78, 5) is 16.7. The third-order valence-electron chi connectivity index (χ3n) is 4.32.